The van der Waals surface area contributed by atoms with Crippen molar-refractivity contribution < 1.29 is 9.53 Å². The number of carbonyl (C=O) groups excluding carboxylic acids is 1. The van der Waals surface area contributed by atoms with Crippen molar-refractivity contribution in [3.05, 3.63) is 29.8 Å². The Morgan fingerprint density at radius 3 is 2.57 bits per heavy atom. The van der Waals surface area contributed by atoms with E-state index in [2.05, 4.69) is 12.0 Å². The molecule has 0 N–H and O–H groups in total. The van der Waals surface area contributed by atoms with E-state index in [0.29, 0.717) is 13.2 Å². The number of nitriles is 1. The third-order valence-corrected chi connectivity index (χ3v) is 3.62. The first-order valence-corrected chi connectivity index (χ1v) is 7.89. The summed E-state index contributed by atoms with van der Waals surface area (Å²) in [7, 11) is 0. The molecule has 0 spiro atoms. The van der Waals surface area contributed by atoms with Crippen LogP contribution in [-0.2, 0) is 9.53 Å². The lowest BCUT2D eigenvalue weighted by atomic mass is 10.2. The Kier molecular flexibility index (Phi) is 5.72. The van der Waals surface area contributed by atoms with E-state index in [1.54, 1.807) is 9.91 Å². The Balaban J connectivity index is 2.43. The minimum absolute atomic E-state index is 0.113. The summed E-state index contributed by atoms with van der Waals surface area (Å²) in [4.78, 5) is 14.0. The van der Waals surface area contributed by atoms with Crippen LogP contribution in [0.1, 0.15) is 32.3 Å². The van der Waals surface area contributed by atoms with Crippen molar-refractivity contribution in [3.8, 4) is 6.07 Å². The predicted octanol–water partition coefficient (Wildman–Crippen LogP) is 2.64. The van der Waals surface area contributed by atoms with Crippen molar-refractivity contribution in [1.82, 2.24) is 4.90 Å². The van der Waals surface area contributed by atoms with Gasteiger partial charge in [-0.05, 0) is 32.4 Å². The number of rotatable bonds is 6. The molecule has 6 nitrogen and oxygen atoms in total. The molecular formula is C17H22N4O2. The van der Waals surface area contributed by atoms with Crippen molar-refractivity contribution in [2.45, 2.75) is 40.0 Å². The zero-order chi connectivity index (χ0) is 16.8. The maximum Gasteiger partial charge on any atom is 0.288 e. The number of amides is 1. The van der Waals surface area contributed by atoms with Crippen LogP contribution in [0.5, 0.6) is 0 Å². The molecule has 1 atom stereocenters. The van der Waals surface area contributed by atoms with Crippen molar-refractivity contribution in [1.29, 1.82) is 5.26 Å². The SMILES string of the molecule is CCCCN1C(=O)C(C#N)=NN(c2ccc(C)cc2)[C@H]1OCC. The Bertz CT molecular complexity index is 618. The fourth-order valence-corrected chi connectivity index (χ4v) is 2.37. The van der Waals surface area contributed by atoms with Crippen molar-refractivity contribution in [2.75, 3.05) is 18.2 Å². The van der Waals surface area contributed by atoms with Gasteiger partial charge in [0.25, 0.3) is 5.91 Å². The number of aryl methyl sites for hydroxylation is 1. The van der Waals surface area contributed by atoms with Crippen LogP contribution in [0.4, 0.5) is 5.69 Å². The molecule has 1 aromatic carbocycles. The zero-order valence-corrected chi connectivity index (χ0v) is 13.8. The van der Waals surface area contributed by atoms with E-state index < -0.39 is 6.35 Å². The molecule has 1 aromatic rings. The number of carbonyl (C=O) groups is 1. The molecule has 6 heteroatoms. The number of hydrogen-bond donors (Lipinski definition) is 0. The van der Waals surface area contributed by atoms with Gasteiger partial charge in [-0.3, -0.25) is 9.69 Å². The molecule has 1 amide bonds. The summed E-state index contributed by atoms with van der Waals surface area (Å²) in [5.74, 6) is -0.372. The highest BCUT2D eigenvalue weighted by Gasteiger charge is 2.37. The fourth-order valence-electron chi connectivity index (χ4n) is 2.37. The molecule has 0 bridgehead atoms. The number of nitrogens with zero attached hydrogens (tertiary/aromatic N) is 4. The van der Waals surface area contributed by atoms with Crippen molar-refractivity contribution in [2.24, 2.45) is 5.10 Å². The van der Waals surface area contributed by atoms with E-state index in [9.17, 15) is 10.1 Å². The molecule has 0 saturated carbocycles. The molecule has 0 aromatic heterocycles. The highest BCUT2D eigenvalue weighted by atomic mass is 16.5. The number of unbranched alkanes of at least 4 members (excludes halogenated alkanes) is 1. The Hall–Kier alpha value is -2.39. The lowest BCUT2D eigenvalue weighted by Crippen LogP contribution is -2.57. The molecule has 0 saturated heterocycles. The minimum atomic E-state index is -0.626. The summed E-state index contributed by atoms with van der Waals surface area (Å²) in [6, 6.07) is 9.65. The van der Waals surface area contributed by atoms with Crippen LogP contribution in [0, 0.1) is 18.3 Å². The molecule has 23 heavy (non-hydrogen) atoms. The maximum absolute atomic E-state index is 12.4. The van der Waals surface area contributed by atoms with E-state index in [4.69, 9.17) is 4.74 Å². The van der Waals surface area contributed by atoms with Crippen LogP contribution in [0.15, 0.2) is 29.4 Å². The van der Waals surface area contributed by atoms with Gasteiger partial charge >= 0.3 is 0 Å². The van der Waals surface area contributed by atoms with Crippen LogP contribution in [-0.4, -0.2) is 36.0 Å². The summed E-state index contributed by atoms with van der Waals surface area (Å²) in [5, 5.41) is 15.1. The van der Waals surface area contributed by atoms with Gasteiger partial charge in [0.2, 0.25) is 12.1 Å². The number of anilines is 1. The molecule has 1 aliphatic rings. The molecular weight excluding hydrogens is 292 g/mol. The third-order valence-electron chi connectivity index (χ3n) is 3.62. The quantitative estimate of drug-likeness (QED) is 0.809. The zero-order valence-electron chi connectivity index (χ0n) is 13.8. The van der Waals surface area contributed by atoms with E-state index in [0.717, 1.165) is 24.1 Å². The van der Waals surface area contributed by atoms with Gasteiger partial charge in [-0.1, -0.05) is 31.0 Å². The summed E-state index contributed by atoms with van der Waals surface area (Å²) in [6.07, 6.45) is 1.17. The van der Waals surface area contributed by atoms with Crippen LogP contribution in [0.25, 0.3) is 0 Å². The van der Waals surface area contributed by atoms with Crippen molar-refractivity contribution >= 4 is 17.3 Å². The third kappa shape index (κ3) is 3.69. The molecule has 0 radical (unpaired) electrons. The summed E-state index contributed by atoms with van der Waals surface area (Å²) in [6.45, 7) is 6.91. The lowest BCUT2D eigenvalue weighted by molar-refractivity contribution is -0.140. The number of ether oxygens (including phenoxy) is 1. The lowest BCUT2D eigenvalue weighted by Gasteiger charge is -2.40. The van der Waals surface area contributed by atoms with Gasteiger partial charge in [-0.15, -0.1) is 0 Å². The topological polar surface area (TPSA) is 68.9 Å². The van der Waals surface area contributed by atoms with Gasteiger partial charge in [0.15, 0.2) is 0 Å². The maximum atomic E-state index is 12.4. The molecule has 2 rings (SSSR count). The second-order valence-corrected chi connectivity index (χ2v) is 5.37. The first kappa shape index (κ1) is 17.0. The summed E-state index contributed by atoms with van der Waals surface area (Å²) >= 11 is 0. The monoisotopic (exact) mass is 314 g/mol. The molecule has 1 heterocycles. The van der Waals surface area contributed by atoms with Gasteiger partial charge in [-0.25, -0.2) is 5.01 Å². The minimum Gasteiger partial charge on any atom is -0.339 e. The van der Waals surface area contributed by atoms with Crippen LogP contribution >= 0.6 is 0 Å². The molecule has 0 aliphatic carbocycles. The largest absolute Gasteiger partial charge is 0.339 e. The van der Waals surface area contributed by atoms with E-state index >= 15 is 0 Å². The molecule has 0 unspecified atom stereocenters. The molecule has 1 aliphatic heterocycles. The highest BCUT2D eigenvalue weighted by Crippen LogP contribution is 2.25. The molecule has 0 fully saturated rings. The number of benzene rings is 1. The Morgan fingerprint density at radius 1 is 1.30 bits per heavy atom. The van der Waals surface area contributed by atoms with Gasteiger partial charge in [0, 0.05) is 13.2 Å². The Labute approximate surface area is 136 Å². The van der Waals surface area contributed by atoms with E-state index in [1.807, 2.05) is 44.2 Å². The van der Waals surface area contributed by atoms with Gasteiger partial charge in [0.1, 0.15) is 6.07 Å². The second-order valence-electron chi connectivity index (χ2n) is 5.37. The smallest absolute Gasteiger partial charge is 0.288 e. The van der Waals surface area contributed by atoms with Gasteiger partial charge < -0.3 is 4.74 Å². The first-order valence-electron chi connectivity index (χ1n) is 7.89. The first-order chi connectivity index (χ1) is 11.1. The number of hydrazone groups is 1. The van der Waals surface area contributed by atoms with E-state index in [-0.39, 0.29) is 11.6 Å². The van der Waals surface area contributed by atoms with Crippen LogP contribution < -0.4 is 5.01 Å². The van der Waals surface area contributed by atoms with Gasteiger partial charge in [-0.2, -0.15) is 10.4 Å². The standard InChI is InChI=1S/C17H22N4O2/c1-4-6-11-20-16(22)15(12-18)19-21(17(20)23-5-2)14-9-7-13(3)8-10-14/h7-10,17H,4-6,11H2,1-3H3/t17-/m0/s1. The fraction of sp³-hybridized carbons (Fsp3) is 0.471. The van der Waals surface area contributed by atoms with Crippen LogP contribution in [0.3, 0.4) is 0 Å². The molecule has 122 valence electrons. The highest BCUT2D eigenvalue weighted by molar-refractivity contribution is 6.45. The average Bonchev–Trinajstić information content (AvgIpc) is 2.56. The normalized spacial score (nSPS) is 17.9. The van der Waals surface area contributed by atoms with Gasteiger partial charge in [0.05, 0.1) is 5.69 Å². The predicted molar refractivity (Wildman–Crippen MR) is 88.7 cm³/mol. The average molecular weight is 314 g/mol. The van der Waals surface area contributed by atoms with E-state index in [1.165, 1.54) is 0 Å². The second kappa shape index (κ2) is 7.75. The van der Waals surface area contributed by atoms with Crippen molar-refractivity contribution in [3.63, 3.8) is 0 Å². The summed E-state index contributed by atoms with van der Waals surface area (Å²) < 4.78 is 5.77. The Morgan fingerprint density at radius 2 is 2.00 bits per heavy atom. The number of hydrogen-bond acceptors (Lipinski definition) is 5. The van der Waals surface area contributed by atoms with Crippen LogP contribution in [0.2, 0.25) is 0 Å². The summed E-state index contributed by atoms with van der Waals surface area (Å²) in [5.41, 5.74) is 1.80.